The van der Waals surface area contributed by atoms with E-state index in [1.54, 1.807) is 0 Å². The van der Waals surface area contributed by atoms with E-state index in [1.165, 1.54) is 11.1 Å². The van der Waals surface area contributed by atoms with E-state index in [-0.39, 0.29) is 17.7 Å². The van der Waals surface area contributed by atoms with Gasteiger partial charge in [0.25, 0.3) is 0 Å². The largest absolute Gasteiger partial charge is 0.356 e. The van der Waals surface area contributed by atoms with E-state index >= 15 is 0 Å². The molecule has 0 spiro atoms. The highest BCUT2D eigenvalue weighted by Crippen LogP contribution is 2.38. The summed E-state index contributed by atoms with van der Waals surface area (Å²) < 4.78 is 0. The Bertz CT molecular complexity index is 1310. The molecule has 3 heterocycles. The van der Waals surface area contributed by atoms with Gasteiger partial charge in [0.2, 0.25) is 11.8 Å². The molecule has 4 bridgehead atoms. The number of carbonyl (C=O) groups excluding carboxylic acids is 2. The molecule has 0 atom stereocenters. The summed E-state index contributed by atoms with van der Waals surface area (Å²) in [6.07, 6.45) is 5.74. The van der Waals surface area contributed by atoms with Gasteiger partial charge < -0.3 is 20.6 Å². The van der Waals surface area contributed by atoms with E-state index in [9.17, 15) is 9.59 Å². The number of H-pyrrole nitrogens is 2. The van der Waals surface area contributed by atoms with Crippen LogP contribution in [0, 0.1) is 13.8 Å². The Kier molecular flexibility index (Phi) is 6.37. The summed E-state index contributed by atoms with van der Waals surface area (Å²) in [6.45, 7) is 6.46. The first-order valence-corrected chi connectivity index (χ1v) is 12.8. The second-order valence-corrected chi connectivity index (χ2v) is 9.87. The first-order valence-electron chi connectivity index (χ1n) is 12.8. The molecule has 0 saturated carbocycles. The van der Waals surface area contributed by atoms with Crippen molar-refractivity contribution in [2.24, 2.45) is 0 Å². The molecular formula is C29H34N4O2. The van der Waals surface area contributed by atoms with Gasteiger partial charge in [-0.2, -0.15) is 0 Å². The van der Waals surface area contributed by atoms with Gasteiger partial charge in [-0.25, -0.2) is 0 Å². The highest BCUT2D eigenvalue weighted by molar-refractivity contribution is 6.03. The fraction of sp³-hybridized carbons (Fsp3) is 0.379. The Morgan fingerprint density at radius 3 is 1.54 bits per heavy atom. The molecule has 6 nitrogen and oxygen atoms in total. The van der Waals surface area contributed by atoms with Crippen LogP contribution in [0.3, 0.4) is 0 Å². The van der Waals surface area contributed by atoms with Gasteiger partial charge in [0.05, 0.1) is 22.4 Å². The lowest BCUT2D eigenvalue weighted by Crippen LogP contribution is -2.12. The molecule has 0 saturated heterocycles. The maximum Gasteiger partial charge on any atom is 0.224 e. The van der Waals surface area contributed by atoms with Gasteiger partial charge in [-0.15, -0.1) is 0 Å². The van der Waals surface area contributed by atoms with Crippen LogP contribution in [0.4, 0.5) is 11.4 Å². The summed E-state index contributed by atoms with van der Waals surface area (Å²) in [5.41, 5.74) is 8.21. The average molecular weight is 471 g/mol. The Balaban J connectivity index is 1.60. The van der Waals surface area contributed by atoms with Crippen LogP contribution in [0.25, 0.3) is 21.8 Å². The minimum atomic E-state index is 0.0483. The summed E-state index contributed by atoms with van der Waals surface area (Å²) in [6, 6.07) is 12.2. The highest BCUT2D eigenvalue weighted by atomic mass is 16.2. The van der Waals surface area contributed by atoms with Crippen LogP contribution in [0.15, 0.2) is 36.4 Å². The third-order valence-corrected chi connectivity index (χ3v) is 7.49. The first-order chi connectivity index (χ1) is 16.9. The van der Waals surface area contributed by atoms with Crippen LogP contribution in [0.1, 0.15) is 80.3 Å². The summed E-state index contributed by atoms with van der Waals surface area (Å²) in [5, 5.41) is 8.51. The molecule has 35 heavy (non-hydrogen) atoms. The van der Waals surface area contributed by atoms with E-state index in [4.69, 9.17) is 0 Å². The van der Waals surface area contributed by atoms with Gasteiger partial charge in [-0.1, -0.05) is 50.5 Å². The molecule has 5 rings (SSSR count). The van der Waals surface area contributed by atoms with E-state index in [1.807, 2.05) is 24.3 Å². The zero-order valence-electron chi connectivity index (χ0n) is 20.8. The molecule has 4 aromatic rings. The standard InChI is InChI=1S/C29H34N4O2/c1-17-20-11-9-13-22-28(20)32-26(17)19(3)27-18(2)21-12-10-14-23(29(21)33-27)31-25(35)16-8-6-4-5-7-15-24(34)30-22/h9-14,19,32-33H,4-8,15-16H2,1-3H3,(H,30,34)(H,31,35). The minimum Gasteiger partial charge on any atom is -0.356 e. The number of rotatable bonds is 0. The molecule has 182 valence electrons. The number of aromatic nitrogens is 2. The number of hydrogen-bond acceptors (Lipinski definition) is 2. The van der Waals surface area contributed by atoms with Gasteiger partial charge in [0, 0.05) is 40.9 Å². The van der Waals surface area contributed by atoms with Crippen molar-refractivity contribution in [2.45, 2.75) is 71.6 Å². The number of hydrogen-bond donors (Lipinski definition) is 4. The summed E-state index contributed by atoms with van der Waals surface area (Å²) in [7, 11) is 0. The Hall–Kier alpha value is -3.54. The van der Waals surface area contributed by atoms with Gasteiger partial charge in [0.15, 0.2) is 0 Å². The van der Waals surface area contributed by atoms with E-state index in [0.717, 1.165) is 76.7 Å². The van der Waals surface area contributed by atoms with Gasteiger partial charge in [-0.3, -0.25) is 9.59 Å². The van der Waals surface area contributed by atoms with E-state index in [2.05, 4.69) is 53.5 Å². The quantitative estimate of drug-likeness (QED) is 0.222. The molecule has 1 aliphatic rings. The molecule has 2 aromatic carbocycles. The van der Waals surface area contributed by atoms with E-state index in [0.29, 0.717) is 12.8 Å². The van der Waals surface area contributed by atoms with Gasteiger partial charge in [-0.05, 0) is 49.9 Å². The van der Waals surface area contributed by atoms with Gasteiger partial charge in [0.1, 0.15) is 0 Å². The number of para-hydroxylation sites is 2. The molecule has 6 heteroatoms. The average Bonchev–Trinajstić information content (AvgIpc) is 3.36. The van der Waals surface area contributed by atoms with Crippen molar-refractivity contribution >= 4 is 45.0 Å². The first kappa shape index (κ1) is 23.2. The molecule has 2 amide bonds. The Morgan fingerprint density at radius 2 is 1.09 bits per heavy atom. The maximum absolute atomic E-state index is 12.6. The molecule has 0 unspecified atom stereocenters. The van der Waals surface area contributed by atoms with Crippen molar-refractivity contribution in [2.75, 3.05) is 10.6 Å². The number of amides is 2. The lowest BCUT2D eigenvalue weighted by molar-refractivity contribution is -0.117. The van der Waals surface area contributed by atoms with Crippen LogP contribution in [-0.2, 0) is 9.59 Å². The van der Waals surface area contributed by atoms with Crippen molar-refractivity contribution < 1.29 is 9.59 Å². The lowest BCUT2D eigenvalue weighted by atomic mass is 9.96. The predicted octanol–water partition coefficient (Wildman–Crippen LogP) is 7.04. The number of nitrogens with one attached hydrogen (secondary N) is 4. The molecule has 0 fully saturated rings. The van der Waals surface area contributed by atoms with Crippen LogP contribution in [-0.4, -0.2) is 21.8 Å². The zero-order valence-corrected chi connectivity index (χ0v) is 20.8. The third-order valence-electron chi connectivity index (χ3n) is 7.49. The Morgan fingerprint density at radius 1 is 0.657 bits per heavy atom. The number of carbonyl (C=O) groups is 2. The normalized spacial score (nSPS) is 16.7. The number of aromatic amines is 2. The molecule has 1 aliphatic heterocycles. The summed E-state index contributed by atoms with van der Waals surface area (Å²) in [4.78, 5) is 32.6. The monoisotopic (exact) mass is 470 g/mol. The number of fused-ring (bicyclic) bond motifs is 2. The number of anilines is 2. The van der Waals surface area contributed by atoms with Crippen LogP contribution < -0.4 is 10.6 Å². The number of benzene rings is 2. The Labute approximate surface area is 205 Å². The fourth-order valence-corrected chi connectivity index (χ4v) is 5.49. The summed E-state index contributed by atoms with van der Waals surface area (Å²) >= 11 is 0. The lowest BCUT2D eigenvalue weighted by Gasteiger charge is -2.12. The minimum absolute atomic E-state index is 0.0483. The molecule has 4 N–H and O–H groups in total. The smallest absolute Gasteiger partial charge is 0.224 e. The fourth-order valence-electron chi connectivity index (χ4n) is 5.49. The number of aryl methyl sites for hydroxylation is 2. The second-order valence-electron chi connectivity index (χ2n) is 9.87. The van der Waals surface area contributed by atoms with E-state index < -0.39 is 0 Å². The van der Waals surface area contributed by atoms with Gasteiger partial charge >= 0.3 is 0 Å². The van der Waals surface area contributed by atoms with Crippen molar-refractivity contribution in [1.29, 1.82) is 0 Å². The van der Waals surface area contributed by atoms with Crippen LogP contribution in [0.5, 0.6) is 0 Å². The zero-order chi connectivity index (χ0) is 24.5. The molecule has 0 aliphatic carbocycles. The van der Waals surface area contributed by atoms with Crippen molar-refractivity contribution in [3.05, 3.63) is 58.9 Å². The maximum atomic E-state index is 12.6. The third kappa shape index (κ3) is 4.45. The van der Waals surface area contributed by atoms with Crippen molar-refractivity contribution in [3.63, 3.8) is 0 Å². The molecular weight excluding hydrogens is 436 g/mol. The van der Waals surface area contributed by atoms with Crippen LogP contribution >= 0.6 is 0 Å². The molecule has 0 radical (unpaired) electrons. The van der Waals surface area contributed by atoms with Crippen LogP contribution in [0.2, 0.25) is 0 Å². The molecule has 2 aromatic heterocycles. The van der Waals surface area contributed by atoms with Crippen molar-refractivity contribution in [1.82, 2.24) is 9.97 Å². The highest BCUT2D eigenvalue weighted by Gasteiger charge is 2.22. The summed E-state index contributed by atoms with van der Waals surface area (Å²) in [5.74, 6) is 0.173. The van der Waals surface area contributed by atoms with Crippen molar-refractivity contribution in [3.8, 4) is 0 Å². The topological polar surface area (TPSA) is 89.8 Å². The predicted molar refractivity (Wildman–Crippen MR) is 143 cm³/mol. The SMILES string of the molecule is Cc1c2[nH]c3c(cccc13)NC(=O)CCCCCCCC(=O)Nc1cccc3c(C)c([nH]c13)C2C. The second kappa shape index (κ2) is 9.61.